The fourth-order valence-electron chi connectivity index (χ4n) is 1.60. The third-order valence-corrected chi connectivity index (χ3v) is 2.37. The van der Waals surface area contributed by atoms with E-state index in [0.717, 1.165) is 5.56 Å². The molecule has 1 N–H and O–H groups in total. The quantitative estimate of drug-likeness (QED) is 0.678. The van der Waals surface area contributed by atoms with E-state index >= 15 is 0 Å². The lowest BCUT2D eigenvalue weighted by atomic mass is 10.2. The monoisotopic (exact) mass is 254 g/mol. The lowest BCUT2D eigenvalue weighted by Gasteiger charge is -2.17. The van der Waals surface area contributed by atoms with Crippen LogP contribution in [0.25, 0.3) is 0 Å². The lowest BCUT2D eigenvalue weighted by molar-refractivity contribution is -0.133. The van der Waals surface area contributed by atoms with E-state index in [1.54, 1.807) is 13.3 Å². The number of nitrogens with zero attached hydrogens (tertiary/aromatic N) is 1. The molecule has 18 heavy (non-hydrogen) atoms. The second kappa shape index (κ2) is 8.85. The lowest BCUT2D eigenvalue weighted by Crippen LogP contribution is -2.31. The molecule has 0 fully saturated rings. The molecule has 1 rings (SSSR count). The molecule has 0 unspecified atom stereocenters. The first-order valence-corrected chi connectivity index (χ1v) is 6.23. The molecule has 0 aliphatic carbocycles. The van der Waals surface area contributed by atoms with Gasteiger partial charge in [-0.2, -0.15) is 0 Å². The highest BCUT2D eigenvalue weighted by molar-refractivity contribution is 5.24. The summed E-state index contributed by atoms with van der Waals surface area (Å²) in [6.07, 6.45) is 1.51. The maximum absolute atomic E-state index is 5.45. The van der Waals surface area contributed by atoms with E-state index < -0.39 is 0 Å². The summed E-state index contributed by atoms with van der Waals surface area (Å²) in [7, 11) is 1.62. The van der Waals surface area contributed by atoms with E-state index in [4.69, 9.17) is 14.2 Å². The van der Waals surface area contributed by atoms with Crippen molar-refractivity contribution in [2.24, 2.45) is 0 Å². The molecule has 0 amide bonds. The number of pyridine rings is 1. The van der Waals surface area contributed by atoms with Gasteiger partial charge >= 0.3 is 0 Å². The highest BCUT2D eigenvalue weighted by atomic mass is 16.7. The minimum atomic E-state index is -0.206. The number of hydrogen-bond donors (Lipinski definition) is 1. The number of ether oxygens (including phenoxy) is 3. The van der Waals surface area contributed by atoms with Gasteiger partial charge in [-0.25, -0.2) is 4.98 Å². The molecule has 5 heteroatoms. The molecule has 0 aliphatic rings. The van der Waals surface area contributed by atoms with Crippen molar-refractivity contribution in [1.82, 2.24) is 10.3 Å². The number of aromatic nitrogens is 1. The van der Waals surface area contributed by atoms with Crippen LogP contribution in [-0.2, 0) is 16.0 Å². The van der Waals surface area contributed by atoms with Crippen molar-refractivity contribution in [3.63, 3.8) is 0 Å². The molecule has 0 atom stereocenters. The van der Waals surface area contributed by atoms with Crippen LogP contribution in [0.1, 0.15) is 19.4 Å². The summed E-state index contributed by atoms with van der Waals surface area (Å²) in [6, 6.07) is 3.87. The Hall–Kier alpha value is -1.17. The number of hydrogen-bond acceptors (Lipinski definition) is 5. The predicted molar refractivity (Wildman–Crippen MR) is 69.5 cm³/mol. The van der Waals surface area contributed by atoms with Gasteiger partial charge in [-0.15, -0.1) is 0 Å². The maximum Gasteiger partial charge on any atom is 0.217 e. The van der Waals surface area contributed by atoms with Crippen LogP contribution < -0.4 is 10.1 Å². The molecule has 1 aromatic rings. The van der Waals surface area contributed by atoms with Crippen LogP contribution in [0.4, 0.5) is 0 Å². The Kier molecular flexibility index (Phi) is 7.32. The van der Waals surface area contributed by atoms with Crippen molar-refractivity contribution >= 4 is 0 Å². The van der Waals surface area contributed by atoms with Gasteiger partial charge in [0.2, 0.25) is 5.88 Å². The second-order valence-corrected chi connectivity index (χ2v) is 3.64. The summed E-state index contributed by atoms with van der Waals surface area (Å²) in [6.45, 7) is 6.50. The molecule has 0 aromatic carbocycles. The molecule has 1 aromatic heterocycles. The molecule has 0 aliphatic heterocycles. The van der Waals surface area contributed by atoms with E-state index in [1.807, 2.05) is 26.0 Å². The van der Waals surface area contributed by atoms with Crippen LogP contribution in [0.2, 0.25) is 0 Å². The zero-order valence-corrected chi connectivity index (χ0v) is 11.3. The molecule has 102 valence electrons. The molecule has 0 spiro atoms. The summed E-state index contributed by atoms with van der Waals surface area (Å²) in [5.74, 6) is 0.648. The van der Waals surface area contributed by atoms with Crippen molar-refractivity contribution in [2.75, 3.05) is 26.9 Å². The first-order valence-electron chi connectivity index (χ1n) is 6.23. The Morgan fingerprint density at radius 3 is 2.61 bits per heavy atom. The van der Waals surface area contributed by atoms with Gasteiger partial charge in [0.25, 0.3) is 0 Å². The van der Waals surface area contributed by atoms with Gasteiger partial charge < -0.3 is 19.5 Å². The van der Waals surface area contributed by atoms with E-state index in [-0.39, 0.29) is 6.29 Å². The van der Waals surface area contributed by atoms with Crippen molar-refractivity contribution in [2.45, 2.75) is 26.7 Å². The highest BCUT2D eigenvalue weighted by Gasteiger charge is 2.08. The van der Waals surface area contributed by atoms with Gasteiger partial charge in [0, 0.05) is 38.1 Å². The Balaban J connectivity index is 2.39. The van der Waals surface area contributed by atoms with Crippen LogP contribution in [0.15, 0.2) is 18.3 Å². The Morgan fingerprint density at radius 1 is 1.28 bits per heavy atom. The van der Waals surface area contributed by atoms with Gasteiger partial charge in [0.05, 0.1) is 7.11 Å². The molecule has 1 heterocycles. The summed E-state index contributed by atoms with van der Waals surface area (Å²) in [5.41, 5.74) is 1.02. The van der Waals surface area contributed by atoms with Crippen LogP contribution in [-0.4, -0.2) is 38.1 Å². The fraction of sp³-hybridized carbons (Fsp3) is 0.615. The van der Waals surface area contributed by atoms with Gasteiger partial charge in [-0.1, -0.05) is 6.07 Å². The Bertz CT molecular complexity index is 328. The molecular weight excluding hydrogens is 232 g/mol. The normalized spacial score (nSPS) is 10.9. The van der Waals surface area contributed by atoms with E-state index in [1.165, 1.54) is 0 Å². The molecule has 0 radical (unpaired) electrons. The molecule has 0 saturated heterocycles. The summed E-state index contributed by atoms with van der Waals surface area (Å²) < 4.78 is 16.1. The summed E-state index contributed by atoms with van der Waals surface area (Å²) >= 11 is 0. The van der Waals surface area contributed by atoms with Crippen molar-refractivity contribution in [1.29, 1.82) is 0 Å². The average Bonchev–Trinajstić information content (AvgIpc) is 2.40. The van der Waals surface area contributed by atoms with Gasteiger partial charge in [0.1, 0.15) is 0 Å². The van der Waals surface area contributed by atoms with E-state index in [2.05, 4.69) is 10.3 Å². The largest absolute Gasteiger partial charge is 0.481 e. The first kappa shape index (κ1) is 14.9. The summed E-state index contributed by atoms with van der Waals surface area (Å²) in [4.78, 5) is 4.14. The van der Waals surface area contributed by atoms with Gasteiger partial charge in [-0.05, 0) is 19.9 Å². The minimum absolute atomic E-state index is 0.206. The predicted octanol–water partition coefficient (Wildman–Crippen LogP) is 1.58. The maximum atomic E-state index is 5.45. The van der Waals surface area contributed by atoms with Crippen molar-refractivity contribution in [3.05, 3.63) is 23.9 Å². The molecular formula is C13H22N2O3. The first-order chi connectivity index (χ1) is 8.81. The molecule has 0 saturated carbocycles. The van der Waals surface area contributed by atoms with Crippen LogP contribution in [0.5, 0.6) is 5.88 Å². The zero-order valence-electron chi connectivity index (χ0n) is 11.3. The Labute approximate surface area is 108 Å². The van der Waals surface area contributed by atoms with Crippen LogP contribution >= 0.6 is 0 Å². The number of nitrogens with one attached hydrogen (secondary N) is 1. The minimum Gasteiger partial charge on any atom is -0.481 e. The Morgan fingerprint density at radius 2 is 2.00 bits per heavy atom. The summed E-state index contributed by atoms with van der Waals surface area (Å²) in [5, 5.41) is 3.28. The van der Waals surface area contributed by atoms with Gasteiger partial charge in [0.15, 0.2) is 6.29 Å². The zero-order chi connectivity index (χ0) is 13.2. The van der Waals surface area contributed by atoms with Gasteiger partial charge in [-0.3, -0.25) is 0 Å². The van der Waals surface area contributed by atoms with Crippen molar-refractivity contribution < 1.29 is 14.2 Å². The van der Waals surface area contributed by atoms with Crippen LogP contribution in [0, 0.1) is 0 Å². The fourth-order valence-corrected chi connectivity index (χ4v) is 1.60. The molecule has 0 bridgehead atoms. The molecule has 5 nitrogen and oxygen atoms in total. The third kappa shape index (κ3) is 5.00. The highest BCUT2D eigenvalue weighted by Crippen LogP contribution is 2.12. The van der Waals surface area contributed by atoms with E-state index in [9.17, 15) is 0 Å². The smallest absolute Gasteiger partial charge is 0.217 e. The standard InChI is InChI=1S/C13H22N2O3/c1-4-17-12(18-5-2)10-14-9-11-7-6-8-15-13(11)16-3/h6-8,12,14H,4-5,9-10H2,1-3H3. The number of methoxy groups -OCH3 is 1. The average molecular weight is 254 g/mol. The SMILES string of the molecule is CCOC(CNCc1cccnc1OC)OCC. The topological polar surface area (TPSA) is 52.6 Å². The third-order valence-electron chi connectivity index (χ3n) is 2.37. The van der Waals surface area contributed by atoms with Crippen molar-refractivity contribution in [3.8, 4) is 5.88 Å². The van der Waals surface area contributed by atoms with E-state index in [0.29, 0.717) is 32.2 Å². The number of rotatable bonds is 9. The van der Waals surface area contributed by atoms with Crippen LogP contribution in [0.3, 0.4) is 0 Å². The second-order valence-electron chi connectivity index (χ2n) is 3.64.